The number of nitrogens with zero attached hydrogens (tertiary/aromatic N) is 1. The molecule has 3 N–H and O–H groups in total. The lowest BCUT2D eigenvalue weighted by Gasteiger charge is -2.23. The summed E-state index contributed by atoms with van der Waals surface area (Å²) in [5.74, 6) is 5.47. The van der Waals surface area contributed by atoms with Crippen LogP contribution in [0, 0.1) is 11.8 Å². The summed E-state index contributed by atoms with van der Waals surface area (Å²) in [6.07, 6.45) is 1.45. The Kier molecular flexibility index (Phi) is 4.78. The summed E-state index contributed by atoms with van der Waals surface area (Å²) in [6, 6.07) is 6.29. The maximum atomic E-state index is 12.7. The Hall–Kier alpha value is -1.39. The third-order valence-corrected chi connectivity index (χ3v) is 5.34. The smallest absolute Gasteiger partial charge is 0.244 e. The van der Waals surface area contributed by atoms with E-state index in [1.165, 1.54) is 4.31 Å². The lowest BCUT2D eigenvalue weighted by atomic mass is 10.2. The number of aliphatic hydroxyl groups is 1. The average Bonchev–Trinajstić information content (AvgIpc) is 2.94. The van der Waals surface area contributed by atoms with Gasteiger partial charge < -0.3 is 10.8 Å². The molecule has 0 radical (unpaired) electrons. The molecule has 0 spiro atoms. The van der Waals surface area contributed by atoms with E-state index in [1.807, 2.05) is 0 Å². The molecule has 1 unspecified atom stereocenters. The first-order valence-electron chi connectivity index (χ1n) is 6.52. The Bertz CT molecular complexity index is 631. The third-order valence-electron chi connectivity index (χ3n) is 3.33. The van der Waals surface area contributed by atoms with Gasteiger partial charge in [-0.25, -0.2) is 8.42 Å². The second-order valence-corrected chi connectivity index (χ2v) is 6.46. The molecule has 1 aliphatic heterocycles. The lowest BCUT2D eigenvalue weighted by molar-refractivity contribution is 0.213. The maximum absolute atomic E-state index is 12.7. The van der Waals surface area contributed by atoms with Gasteiger partial charge in [-0.2, -0.15) is 4.31 Å². The number of sulfonamides is 1. The van der Waals surface area contributed by atoms with Gasteiger partial charge in [0.25, 0.3) is 0 Å². The first-order chi connectivity index (χ1) is 9.61. The lowest BCUT2D eigenvalue weighted by Crippen LogP contribution is -2.37. The van der Waals surface area contributed by atoms with Crippen LogP contribution >= 0.6 is 0 Å². The van der Waals surface area contributed by atoms with Crippen molar-refractivity contribution in [3.8, 4) is 11.8 Å². The van der Waals surface area contributed by atoms with Crippen molar-refractivity contribution in [1.29, 1.82) is 0 Å². The molecule has 20 heavy (non-hydrogen) atoms. The van der Waals surface area contributed by atoms with Crippen LogP contribution < -0.4 is 5.73 Å². The SMILES string of the molecule is NCC#Cc1ccccc1S(=O)(=O)N1CCCC1CO. The van der Waals surface area contributed by atoms with Crippen molar-refractivity contribution in [3.05, 3.63) is 29.8 Å². The normalized spacial score (nSPS) is 19.6. The molecule has 2 rings (SSSR count). The number of aliphatic hydroxyl groups excluding tert-OH is 1. The third kappa shape index (κ3) is 2.86. The maximum Gasteiger partial charge on any atom is 0.244 e. The minimum atomic E-state index is -3.63. The predicted octanol–water partition coefficient (Wildman–Crippen LogP) is 0.142. The van der Waals surface area contributed by atoms with Crippen molar-refractivity contribution in [2.24, 2.45) is 5.73 Å². The first kappa shape index (κ1) is 15.0. The fraction of sp³-hybridized carbons (Fsp3) is 0.429. The van der Waals surface area contributed by atoms with Gasteiger partial charge in [0.05, 0.1) is 18.0 Å². The van der Waals surface area contributed by atoms with Crippen LogP contribution in [0.2, 0.25) is 0 Å². The van der Waals surface area contributed by atoms with E-state index in [-0.39, 0.29) is 24.1 Å². The summed E-state index contributed by atoms with van der Waals surface area (Å²) < 4.78 is 26.8. The molecule has 0 aliphatic carbocycles. The zero-order valence-corrected chi connectivity index (χ0v) is 11.9. The van der Waals surface area contributed by atoms with Crippen LogP contribution in [0.5, 0.6) is 0 Å². The number of nitrogens with two attached hydrogens (primary N) is 1. The summed E-state index contributed by atoms with van der Waals surface area (Å²) in [5, 5.41) is 9.31. The van der Waals surface area contributed by atoms with Gasteiger partial charge in [-0.05, 0) is 25.0 Å². The molecule has 1 aromatic carbocycles. The van der Waals surface area contributed by atoms with Crippen LogP contribution in [-0.2, 0) is 10.0 Å². The summed E-state index contributed by atoms with van der Waals surface area (Å²) in [5.41, 5.74) is 5.78. The Morgan fingerprint density at radius 1 is 1.40 bits per heavy atom. The molecule has 1 aromatic rings. The molecule has 1 aliphatic rings. The van der Waals surface area contributed by atoms with E-state index in [0.717, 1.165) is 6.42 Å². The fourth-order valence-corrected chi connectivity index (χ4v) is 4.21. The van der Waals surface area contributed by atoms with Gasteiger partial charge in [-0.15, -0.1) is 0 Å². The van der Waals surface area contributed by atoms with Gasteiger partial charge in [0, 0.05) is 18.2 Å². The Labute approximate surface area is 119 Å². The molecule has 1 saturated heterocycles. The highest BCUT2D eigenvalue weighted by atomic mass is 32.2. The number of benzene rings is 1. The van der Waals surface area contributed by atoms with E-state index in [9.17, 15) is 13.5 Å². The van der Waals surface area contributed by atoms with Crippen molar-refractivity contribution in [2.75, 3.05) is 19.7 Å². The van der Waals surface area contributed by atoms with E-state index in [1.54, 1.807) is 24.3 Å². The standard InChI is InChI=1S/C14H18N2O3S/c15-9-3-6-12-5-1-2-8-14(12)20(18,19)16-10-4-7-13(16)11-17/h1-2,5,8,13,17H,4,7,9-11,15H2. The molecule has 0 aromatic heterocycles. The van der Waals surface area contributed by atoms with Crippen molar-refractivity contribution in [2.45, 2.75) is 23.8 Å². The molecule has 108 valence electrons. The van der Waals surface area contributed by atoms with E-state index in [4.69, 9.17) is 5.73 Å². The zero-order chi connectivity index (χ0) is 14.6. The summed E-state index contributed by atoms with van der Waals surface area (Å²) in [6.45, 7) is 0.458. The van der Waals surface area contributed by atoms with Crippen molar-refractivity contribution in [1.82, 2.24) is 4.31 Å². The molecule has 0 bridgehead atoms. The van der Waals surface area contributed by atoms with Gasteiger partial charge in [-0.3, -0.25) is 0 Å². The van der Waals surface area contributed by atoms with Crippen molar-refractivity contribution >= 4 is 10.0 Å². The van der Waals surface area contributed by atoms with Crippen LogP contribution in [0.1, 0.15) is 18.4 Å². The second-order valence-electron chi connectivity index (χ2n) is 4.60. The fourth-order valence-electron chi connectivity index (χ4n) is 2.38. The highest BCUT2D eigenvalue weighted by molar-refractivity contribution is 7.89. The summed E-state index contributed by atoms with van der Waals surface area (Å²) in [7, 11) is -3.63. The van der Waals surface area contributed by atoms with Crippen molar-refractivity contribution in [3.63, 3.8) is 0 Å². The minimum Gasteiger partial charge on any atom is -0.395 e. The number of hydrogen-bond donors (Lipinski definition) is 2. The van der Waals surface area contributed by atoms with Gasteiger partial charge in [0.15, 0.2) is 0 Å². The van der Waals surface area contributed by atoms with Crippen LogP contribution in [-0.4, -0.2) is 43.6 Å². The van der Waals surface area contributed by atoms with Gasteiger partial charge >= 0.3 is 0 Å². The Morgan fingerprint density at radius 2 is 2.15 bits per heavy atom. The van der Waals surface area contributed by atoms with Crippen molar-refractivity contribution < 1.29 is 13.5 Å². The quantitative estimate of drug-likeness (QED) is 0.777. The molecule has 1 atom stereocenters. The number of rotatable bonds is 3. The van der Waals surface area contributed by atoms with Gasteiger partial charge in [0.2, 0.25) is 10.0 Å². The largest absolute Gasteiger partial charge is 0.395 e. The van der Waals surface area contributed by atoms with Crippen LogP contribution in [0.25, 0.3) is 0 Å². The topological polar surface area (TPSA) is 83.6 Å². The average molecular weight is 294 g/mol. The van der Waals surface area contributed by atoms with Crippen LogP contribution in [0.3, 0.4) is 0 Å². The zero-order valence-electron chi connectivity index (χ0n) is 11.1. The van der Waals surface area contributed by atoms with E-state index in [0.29, 0.717) is 18.5 Å². The van der Waals surface area contributed by atoms with E-state index < -0.39 is 10.0 Å². The van der Waals surface area contributed by atoms with Gasteiger partial charge in [-0.1, -0.05) is 24.0 Å². The monoisotopic (exact) mass is 294 g/mol. The number of hydrogen-bond acceptors (Lipinski definition) is 4. The molecule has 0 amide bonds. The van der Waals surface area contributed by atoms with E-state index in [2.05, 4.69) is 11.8 Å². The Balaban J connectivity index is 2.44. The van der Waals surface area contributed by atoms with Crippen LogP contribution in [0.4, 0.5) is 0 Å². The molecule has 0 saturated carbocycles. The highest BCUT2D eigenvalue weighted by Gasteiger charge is 2.35. The minimum absolute atomic E-state index is 0.157. The molecule has 6 heteroatoms. The molecule has 1 fully saturated rings. The van der Waals surface area contributed by atoms with Crippen LogP contribution in [0.15, 0.2) is 29.2 Å². The molecular formula is C14H18N2O3S. The first-order valence-corrected chi connectivity index (χ1v) is 7.96. The predicted molar refractivity (Wildman–Crippen MR) is 76.4 cm³/mol. The van der Waals surface area contributed by atoms with E-state index >= 15 is 0 Å². The molecular weight excluding hydrogens is 276 g/mol. The molecule has 5 nitrogen and oxygen atoms in total. The second kappa shape index (κ2) is 6.37. The highest BCUT2D eigenvalue weighted by Crippen LogP contribution is 2.27. The Morgan fingerprint density at radius 3 is 2.85 bits per heavy atom. The summed E-state index contributed by atoms with van der Waals surface area (Å²) >= 11 is 0. The van der Waals surface area contributed by atoms with Gasteiger partial charge in [0.1, 0.15) is 0 Å². The summed E-state index contributed by atoms with van der Waals surface area (Å²) in [4.78, 5) is 0.182. The molecule has 1 heterocycles.